The molecule has 1 amide bonds. The normalized spacial score (nSPS) is 27.2. The standard InChI is InChI=1S/C7H12N2O4/c10-5-2-1-4(9-5)7(13)8-3-6(11)12/h4-5,9-10H,1-3H2,(H,8,13)(H,11,12). The van der Waals surface area contributed by atoms with Crippen LogP contribution in [-0.2, 0) is 9.59 Å². The van der Waals surface area contributed by atoms with E-state index in [4.69, 9.17) is 10.2 Å². The number of amides is 1. The van der Waals surface area contributed by atoms with Crippen molar-refractivity contribution in [2.75, 3.05) is 6.54 Å². The Morgan fingerprint density at radius 2 is 2.15 bits per heavy atom. The second-order valence-electron chi connectivity index (χ2n) is 2.92. The number of aliphatic hydroxyl groups excluding tert-OH is 1. The van der Waals surface area contributed by atoms with Crippen molar-refractivity contribution >= 4 is 11.9 Å². The molecule has 0 aromatic heterocycles. The number of nitrogens with one attached hydrogen (secondary N) is 2. The molecular formula is C7H12N2O4. The van der Waals surface area contributed by atoms with Crippen LogP contribution in [0.15, 0.2) is 0 Å². The Balaban J connectivity index is 2.27. The molecule has 6 heteroatoms. The molecule has 4 N–H and O–H groups in total. The minimum atomic E-state index is -1.08. The van der Waals surface area contributed by atoms with Crippen molar-refractivity contribution in [1.82, 2.24) is 10.6 Å². The molecule has 2 atom stereocenters. The molecule has 1 aliphatic rings. The highest BCUT2D eigenvalue weighted by Gasteiger charge is 2.27. The third-order valence-corrected chi connectivity index (χ3v) is 1.85. The van der Waals surface area contributed by atoms with E-state index < -0.39 is 18.2 Å². The van der Waals surface area contributed by atoms with Crippen molar-refractivity contribution < 1.29 is 19.8 Å². The summed E-state index contributed by atoms with van der Waals surface area (Å²) in [5.41, 5.74) is 0. The molecule has 6 nitrogen and oxygen atoms in total. The Morgan fingerprint density at radius 1 is 1.46 bits per heavy atom. The van der Waals surface area contributed by atoms with Crippen molar-refractivity contribution in [3.63, 3.8) is 0 Å². The highest BCUT2D eigenvalue weighted by atomic mass is 16.4. The Labute approximate surface area is 74.9 Å². The number of rotatable bonds is 3. The lowest BCUT2D eigenvalue weighted by molar-refractivity contribution is -0.138. The molecular weight excluding hydrogens is 176 g/mol. The molecule has 74 valence electrons. The van der Waals surface area contributed by atoms with Gasteiger partial charge in [-0.05, 0) is 12.8 Å². The summed E-state index contributed by atoms with van der Waals surface area (Å²) in [5, 5.41) is 22.2. The second kappa shape index (κ2) is 4.20. The Morgan fingerprint density at radius 3 is 2.62 bits per heavy atom. The Kier molecular flexibility index (Phi) is 3.21. The van der Waals surface area contributed by atoms with Gasteiger partial charge in [0.1, 0.15) is 12.8 Å². The van der Waals surface area contributed by atoms with Gasteiger partial charge in [0.25, 0.3) is 0 Å². The predicted octanol–water partition coefficient (Wildman–Crippen LogP) is -1.74. The zero-order valence-corrected chi connectivity index (χ0v) is 6.99. The summed E-state index contributed by atoms with van der Waals surface area (Å²) in [5.74, 6) is -1.45. The molecule has 0 aliphatic carbocycles. The maximum absolute atomic E-state index is 11.1. The second-order valence-corrected chi connectivity index (χ2v) is 2.92. The molecule has 0 radical (unpaired) electrons. The topological polar surface area (TPSA) is 98.7 Å². The fraction of sp³-hybridized carbons (Fsp3) is 0.714. The van der Waals surface area contributed by atoms with E-state index in [1.807, 2.05) is 0 Å². The summed E-state index contributed by atoms with van der Waals surface area (Å²) in [7, 11) is 0. The Bertz CT molecular complexity index is 219. The lowest BCUT2D eigenvalue weighted by Crippen LogP contribution is -2.44. The largest absolute Gasteiger partial charge is 0.480 e. The maximum Gasteiger partial charge on any atom is 0.322 e. The molecule has 1 rings (SSSR count). The van der Waals surface area contributed by atoms with Crippen LogP contribution in [0, 0.1) is 0 Å². The molecule has 1 saturated heterocycles. The van der Waals surface area contributed by atoms with Crippen LogP contribution < -0.4 is 10.6 Å². The van der Waals surface area contributed by atoms with Crippen molar-refractivity contribution in [3.05, 3.63) is 0 Å². The summed E-state index contributed by atoms with van der Waals surface area (Å²) in [6.07, 6.45) is 0.401. The van der Waals surface area contributed by atoms with Gasteiger partial charge in [-0.2, -0.15) is 0 Å². The van der Waals surface area contributed by atoms with E-state index in [9.17, 15) is 9.59 Å². The van der Waals surface area contributed by atoms with Crippen LogP contribution in [0.1, 0.15) is 12.8 Å². The summed E-state index contributed by atoms with van der Waals surface area (Å²) < 4.78 is 0. The predicted molar refractivity (Wildman–Crippen MR) is 42.8 cm³/mol. The van der Waals surface area contributed by atoms with E-state index >= 15 is 0 Å². The first-order chi connectivity index (χ1) is 6.09. The molecule has 2 unspecified atom stereocenters. The zero-order valence-electron chi connectivity index (χ0n) is 6.99. The van der Waals surface area contributed by atoms with Crippen LogP contribution in [-0.4, -0.2) is 40.9 Å². The number of carbonyl (C=O) groups is 2. The van der Waals surface area contributed by atoms with Crippen LogP contribution in [0.4, 0.5) is 0 Å². The van der Waals surface area contributed by atoms with Gasteiger partial charge in [-0.1, -0.05) is 0 Å². The minimum Gasteiger partial charge on any atom is -0.480 e. The summed E-state index contributed by atoms with van der Waals surface area (Å²) in [6.45, 7) is -0.382. The van der Waals surface area contributed by atoms with E-state index in [1.165, 1.54) is 0 Å². The third-order valence-electron chi connectivity index (χ3n) is 1.85. The van der Waals surface area contributed by atoms with E-state index in [2.05, 4.69) is 10.6 Å². The highest BCUT2D eigenvalue weighted by molar-refractivity contribution is 5.85. The number of hydrogen-bond acceptors (Lipinski definition) is 4. The maximum atomic E-state index is 11.1. The number of carbonyl (C=O) groups excluding carboxylic acids is 1. The van der Waals surface area contributed by atoms with Crippen LogP contribution in [0.25, 0.3) is 0 Å². The molecule has 0 spiro atoms. The summed E-state index contributed by atoms with van der Waals surface area (Å²) in [4.78, 5) is 21.2. The molecule has 1 heterocycles. The van der Waals surface area contributed by atoms with Gasteiger partial charge in [-0.25, -0.2) is 0 Å². The van der Waals surface area contributed by atoms with Crippen LogP contribution in [0.2, 0.25) is 0 Å². The quantitative estimate of drug-likeness (QED) is 0.421. The van der Waals surface area contributed by atoms with Crippen LogP contribution in [0.5, 0.6) is 0 Å². The van der Waals surface area contributed by atoms with Gasteiger partial charge in [0.2, 0.25) is 5.91 Å². The van der Waals surface area contributed by atoms with Gasteiger partial charge >= 0.3 is 5.97 Å². The van der Waals surface area contributed by atoms with Crippen LogP contribution >= 0.6 is 0 Å². The first-order valence-corrected chi connectivity index (χ1v) is 4.03. The third kappa shape index (κ3) is 3.00. The molecule has 1 aliphatic heterocycles. The molecule has 1 fully saturated rings. The van der Waals surface area contributed by atoms with E-state index in [1.54, 1.807) is 0 Å². The molecule has 0 saturated carbocycles. The molecule has 0 aromatic carbocycles. The molecule has 0 bridgehead atoms. The Hall–Kier alpha value is -1.14. The first-order valence-electron chi connectivity index (χ1n) is 4.03. The average Bonchev–Trinajstić information content (AvgIpc) is 2.47. The summed E-state index contributed by atoms with van der Waals surface area (Å²) in [6, 6.07) is -0.464. The van der Waals surface area contributed by atoms with Gasteiger partial charge in [0.05, 0.1) is 6.04 Å². The van der Waals surface area contributed by atoms with Crippen molar-refractivity contribution in [3.8, 4) is 0 Å². The fourth-order valence-electron chi connectivity index (χ4n) is 1.22. The van der Waals surface area contributed by atoms with E-state index in [-0.39, 0.29) is 12.5 Å². The number of aliphatic hydroxyl groups is 1. The van der Waals surface area contributed by atoms with Gasteiger partial charge in [0, 0.05) is 0 Å². The fourth-order valence-corrected chi connectivity index (χ4v) is 1.22. The minimum absolute atomic E-state index is 0.376. The van der Waals surface area contributed by atoms with E-state index in [0.29, 0.717) is 12.8 Å². The lowest BCUT2D eigenvalue weighted by atomic mass is 10.2. The number of carboxylic acids is 1. The van der Waals surface area contributed by atoms with Crippen LogP contribution in [0.3, 0.4) is 0 Å². The monoisotopic (exact) mass is 188 g/mol. The number of aliphatic carboxylic acids is 1. The van der Waals surface area contributed by atoms with Gasteiger partial charge < -0.3 is 15.5 Å². The average molecular weight is 188 g/mol. The zero-order chi connectivity index (χ0) is 9.84. The summed E-state index contributed by atoms with van der Waals surface area (Å²) >= 11 is 0. The molecule has 0 aromatic rings. The first kappa shape index (κ1) is 9.94. The number of hydrogen-bond donors (Lipinski definition) is 4. The highest BCUT2D eigenvalue weighted by Crippen LogP contribution is 2.09. The number of carboxylic acid groups (broad SMARTS) is 1. The van der Waals surface area contributed by atoms with Crippen molar-refractivity contribution in [2.45, 2.75) is 25.1 Å². The van der Waals surface area contributed by atoms with Gasteiger partial charge in [0.15, 0.2) is 0 Å². The van der Waals surface area contributed by atoms with Gasteiger partial charge in [-0.15, -0.1) is 0 Å². The van der Waals surface area contributed by atoms with Crippen molar-refractivity contribution in [2.24, 2.45) is 0 Å². The SMILES string of the molecule is O=C(O)CNC(=O)C1CCC(O)N1. The smallest absolute Gasteiger partial charge is 0.322 e. The van der Waals surface area contributed by atoms with E-state index in [0.717, 1.165) is 0 Å². The van der Waals surface area contributed by atoms with Gasteiger partial charge in [-0.3, -0.25) is 14.9 Å². The lowest BCUT2D eigenvalue weighted by Gasteiger charge is -2.09. The molecule has 13 heavy (non-hydrogen) atoms. The van der Waals surface area contributed by atoms with Crippen molar-refractivity contribution in [1.29, 1.82) is 0 Å².